The average Bonchev–Trinajstić information content (AvgIpc) is 2.89. The SMILES string of the molecule is S=C(Cc1ccccc1)SCc1ccccc1.S=C(Cc1ccccc1)SCc1ccccc1.[Zn+2]. The molecular formula is C30H28S4Zn+2. The van der Waals surface area contributed by atoms with Crippen molar-refractivity contribution in [2.45, 2.75) is 24.3 Å². The van der Waals surface area contributed by atoms with Crippen molar-refractivity contribution in [3.8, 4) is 0 Å². The summed E-state index contributed by atoms with van der Waals surface area (Å²) in [5.74, 6) is 1.93. The van der Waals surface area contributed by atoms with Gasteiger partial charge in [-0.2, -0.15) is 0 Å². The topological polar surface area (TPSA) is 0 Å². The summed E-state index contributed by atoms with van der Waals surface area (Å²) in [7, 11) is 0. The number of thiocarbonyl (C=S) groups is 2. The van der Waals surface area contributed by atoms with Crippen molar-refractivity contribution in [2.75, 3.05) is 0 Å². The first-order chi connectivity index (χ1) is 16.7. The molecule has 0 unspecified atom stereocenters. The molecule has 0 amide bonds. The Morgan fingerprint density at radius 2 is 0.686 bits per heavy atom. The number of rotatable bonds is 8. The minimum Gasteiger partial charge on any atom is -0.114 e. The molecule has 0 aliphatic carbocycles. The van der Waals surface area contributed by atoms with Gasteiger partial charge in [-0.05, 0) is 22.3 Å². The van der Waals surface area contributed by atoms with Gasteiger partial charge in [0.05, 0.1) is 8.39 Å². The summed E-state index contributed by atoms with van der Waals surface area (Å²) in [5.41, 5.74) is 5.23. The summed E-state index contributed by atoms with van der Waals surface area (Å²) in [6.45, 7) is 0. The second-order valence-corrected chi connectivity index (χ2v) is 11.3. The smallest absolute Gasteiger partial charge is 0.114 e. The van der Waals surface area contributed by atoms with E-state index in [1.165, 1.54) is 22.3 Å². The molecule has 172 valence electrons. The Balaban J connectivity index is 0.000000240. The fourth-order valence-corrected chi connectivity index (χ4v) is 5.37. The van der Waals surface area contributed by atoms with Crippen LogP contribution in [0.15, 0.2) is 121 Å². The maximum Gasteiger partial charge on any atom is 2.00 e. The minimum atomic E-state index is 0. The molecule has 0 N–H and O–H groups in total. The largest absolute Gasteiger partial charge is 2.00 e. The van der Waals surface area contributed by atoms with E-state index < -0.39 is 0 Å². The number of thioether (sulfide) groups is 2. The monoisotopic (exact) mass is 580 g/mol. The maximum absolute atomic E-state index is 5.40. The molecule has 0 heterocycles. The van der Waals surface area contributed by atoms with Crippen molar-refractivity contribution < 1.29 is 19.5 Å². The Labute approximate surface area is 242 Å². The van der Waals surface area contributed by atoms with Crippen LogP contribution in [0.2, 0.25) is 0 Å². The zero-order valence-electron chi connectivity index (χ0n) is 19.7. The van der Waals surface area contributed by atoms with Crippen molar-refractivity contribution in [3.63, 3.8) is 0 Å². The molecule has 0 fully saturated rings. The van der Waals surface area contributed by atoms with Gasteiger partial charge in [0.1, 0.15) is 0 Å². The van der Waals surface area contributed by atoms with Gasteiger partial charge in [-0.3, -0.25) is 0 Å². The molecule has 0 radical (unpaired) electrons. The van der Waals surface area contributed by atoms with E-state index in [1.54, 1.807) is 23.5 Å². The van der Waals surface area contributed by atoms with Gasteiger partial charge in [0, 0.05) is 24.3 Å². The molecule has 4 rings (SSSR count). The zero-order valence-corrected chi connectivity index (χ0v) is 25.9. The molecule has 4 aromatic rings. The number of hydrogen-bond acceptors (Lipinski definition) is 4. The number of hydrogen-bond donors (Lipinski definition) is 0. The summed E-state index contributed by atoms with van der Waals surface area (Å²) < 4.78 is 2.11. The molecule has 0 spiro atoms. The molecule has 0 saturated heterocycles. The van der Waals surface area contributed by atoms with Crippen LogP contribution in [0.4, 0.5) is 0 Å². The van der Waals surface area contributed by atoms with Gasteiger partial charge < -0.3 is 0 Å². The molecule has 0 atom stereocenters. The fourth-order valence-electron chi connectivity index (χ4n) is 3.10. The molecule has 0 aliphatic heterocycles. The van der Waals surface area contributed by atoms with Gasteiger partial charge in [-0.1, -0.05) is 146 Å². The molecule has 0 bridgehead atoms. The molecule has 4 aromatic carbocycles. The maximum atomic E-state index is 5.40. The van der Waals surface area contributed by atoms with Crippen molar-refractivity contribution in [2.24, 2.45) is 0 Å². The predicted molar refractivity (Wildman–Crippen MR) is 161 cm³/mol. The van der Waals surface area contributed by atoms with Crippen LogP contribution in [0.3, 0.4) is 0 Å². The second-order valence-electron chi connectivity index (χ2n) is 7.62. The average molecular weight is 582 g/mol. The Morgan fingerprint density at radius 3 is 0.971 bits per heavy atom. The van der Waals surface area contributed by atoms with E-state index in [2.05, 4.69) is 97.1 Å². The summed E-state index contributed by atoms with van der Waals surface area (Å²) in [5, 5.41) is 0. The molecule has 0 nitrogen and oxygen atoms in total. The molecule has 5 heteroatoms. The van der Waals surface area contributed by atoms with Crippen LogP contribution < -0.4 is 0 Å². The summed E-state index contributed by atoms with van der Waals surface area (Å²) in [6.07, 6.45) is 1.77. The van der Waals surface area contributed by atoms with Crippen LogP contribution in [0.1, 0.15) is 22.3 Å². The van der Waals surface area contributed by atoms with Crippen LogP contribution in [0, 0.1) is 0 Å². The van der Waals surface area contributed by atoms with Crippen molar-refractivity contribution in [1.29, 1.82) is 0 Å². The van der Waals surface area contributed by atoms with E-state index >= 15 is 0 Å². The quantitative estimate of drug-likeness (QED) is 0.150. The fraction of sp³-hybridized carbons (Fsp3) is 0.133. The van der Waals surface area contributed by atoms with E-state index in [1.807, 2.05) is 24.3 Å². The molecular weight excluding hydrogens is 554 g/mol. The van der Waals surface area contributed by atoms with Gasteiger partial charge in [0.25, 0.3) is 0 Å². The Morgan fingerprint density at radius 1 is 0.429 bits per heavy atom. The first-order valence-electron chi connectivity index (χ1n) is 11.2. The van der Waals surface area contributed by atoms with Crippen LogP contribution in [0.5, 0.6) is 0 Å². The van der Waals surface area contributed by atoms with Gasteiger partial charge in [0.2, 0.25) is 0 Å². The molecule has 0 saturated carbocycles. The third-order valence-electron chi connectivity index (χ3n) is 4.87. The summed E-state index contributed by atoms with van der Waals surface area (Å²) >= 11 is 14.3. The Bertz CT molecular complexity index is 1030. The van der Waals surface area contributed by atoms with Crippen LogP contribution in [-0.4, -0.2) is 8.39 Å². The van der Waals surface area contributed by atoms with Gasteiger partial charge in [-0.15, -0.1) is 23.5 Å². The predicted octanol–water partition coefficient (Wildman–Crippen LogP) is 8.98. The van der Waals surface area contributed by atoms with Gasteiger partial charge in [-0.25, -0.2) is 0 Å². The van der Waals surface area contributed by atoms with Crippen LogP contribution in [-0.2, 0) is 43.8 Å². The normalized spacial score (nSPS) is 9.83. The third kappa shape index (κ3) is 12.8. The standard InChI is InChI=1S/2C15H14S2.Zn/c2*16-15(11-13-7-3-1-4-8-13)17-12-14-9-5-2-6-10-14;/h2*1-10H,11-12H2;/q;;+2. The van der Waals surface area contributed by atoms with E-state index in [0.717, 1.165) is 32.7 Å². The number of benzene rings is 4. The minimum absolute atomic E-state index is 0. The van der Waals surface area contributed by atoms with E-state index in [0.29, 0.717) is 0 Å². The molecule has 0 aromatic heterocycles. The van der Waals surface area contributed by atoms with Crippen LogP contribution >= 0.6 is 48.0 Å². The van der Waals surface area contributed by atoms with Crippen molar-refractivity contribution in [3.05, 3.63) is 144 Å². The van der Waals surface area contributed by atoms with Crippen molar-refractivity contribution in [1.82, 2.24) is 0 Å². The second kappa shape index (κ2) is 17.8. The van der Waals surface area contributed by atoms with Gasteiger partial charge >= 0.3 is 19.5 Å². The Kier molecular flexibility index (Phi) is 15.0. The first kappa shape index (κ1) is 29.6. The molecule has 0 aliphatic rings. The van der Waals surface area contributed by atoms with E-state index in [-0.39, 0.29) is 19.5 Å². The van der Waals surface area contributed by atoms with E-state index in [4.69, 9.17) is 24.4 Å². The summed E-state index contributed by atoms with van der Waals surface area (Å²) in [6, 6.07) is 41.7. The van der Waals surface area contributed by atoms with E-state index in [9.17, 15) is 0 Å². The summed E-state index contributed by atoms with van der Waals surface area (Å²) in [4.78, 5) is 0. The van der Waals surface area contributed by atoms with Crippen LogP contribution in [0.25, 0.3) is 0 Å². The Hall–Kier alpha value is -1.62. The van der Waals surface area contributed by atoms with Crippen molar-refractivity contribution >= 4 is 56.4 Å². The van der Waals surface area contributed by atoms with Gasteiger partial charge in [0.15, 0.2) is 0 Å². The zero-order chi connectivity index (χ0) is 23.8. The third-order valence-corrected chi connectivity index (χ3v) is 7.75. The first-order valence-corrected chi connectivity index (χ1v) is 13.9. The molecule has 35 heavy (non-hydrogen) atoms.